The number of furan rings is 1. The molecule has 0 bridgehead atoms. The fourth-order valence-corrected chi connectivity index (χ4v) is 0.973. The van der Waals surface area contributed by atoms with Crippen molar-refractivity contribution in [2.24, 2.45) is 0 Å². The van der Waals surface area contributed by atoms with Crippen molar-refractivity contribution < 1.29 is 9.52 Å². The molecule has 0 saturated heterocycles. The Morgan fingerprint density at radius 3 is 2.75 bits per heavy atom. The summed E-state index contributed by atoms with van der Waals surface area (Å²) in [5.74, 6) is 0.209. The average Bonchev–Trinajstić information content (AvgIpc) is 2.58. The first-order chi connectivity index (χ1) is 5.77. The van der Waals surface area contributed by atoms with E-state index in [9.17, 15) is 4.79 Å². The zero-order valence-corrected chi connectivity index (χ0v) is 6.00. The molecular formula is C7H6N2O3. The Kier molecular flexibility index (Phi) is 1.30. The highest BCUT2D eigenvalue weighted by atomic mass is 16.3. The fraction of sp³-hybridized carbons (Fsp3) is 0. The van der Waals surface area contributed by atoms with Gasteiger partial charge in [0.05, 0.1) is 6.26 Å². The van der Waals surface area contributed by atoms with Crippen LogP contribution < -0.4 is 5.69 Å². The first-order valence-electron chi connectivity index (χ1n) is 3.32. The maximum Gasteiger partial charge on any atom is 0.326 e. The van der Waals surface area contributed by atoms with Crippen LogP contribution in [0.3, 0.4) is 0 Å². The molecule has 0 aliphatic heterocycles. The molecule has 0 radical (unpaired) electrons. The van der Waals surface area contributed by atoms with E-state index in [-0.39, 0.29) is 11.6 Å². The molecule has 0 aromatic carbocycles. The molecule has 0 unspecified atom stereocenters. The van der Waals surface area contributed by atoms with Gasteiger partial charge in [-0.25, -0.2) is 4.79 Å². The molecule has 3 N–H and O–H groups in total. The predicted molar refractivity (Wildman–Crippen MR) is 40.8 cm³/mol. The van der Waals surface area contributed by atoms with Gasteiger partial charge in [0, 0.05) is 0 Å². The number of rotatable bonds is 1. The lowest BCUT2D eigenvalue weighted by atomic mass is 10.3. The van der Waals surface area contributed by atoms with Gasteiger partial charge in [0.25, 0.3) is 0 Å². The molecule has 0 saturated carbocycles. The standard InChI is InChI=1S/C7H6N2O3/c10-6-5(8-7(11)9-6)4-2-1-3-12-4/h1-3,10H,(H2,8,9,11). The van der Waals surface area contributed by atoms with Crippen LogP contribution in [0.2, 0.25) is 0 Å². The highest BCUT2D eigenvalue weighted by Gasteiger charge is 2.09. The van der Waals surface area contributed by atoms with Crippen molar-refractivity contribution in [1.29, 1.82) is 0 Å². The van der Waals surface area contributed by atoms with E-state index in [0.29, 0.717) is 5.76 Å². The Labute approximate surface area is 66.7 Å². The quantitative estimate of drug-likeness (QED) is 0.582. The minimum absolute atomic E-state index is 0.213. The van der Waals surface area contributed by atoms with Gasteiger partial charge in [0.15, 0.2) is 5.76 Å². The second-order valence-electron chi connectivity index (χ2n) is 2.28. The number of imidazole rings is 1. The molecule has 0 aliphatic carbocycles. The maximum absolute atomic E-state index is 10.7. The molecule has 2 aromatic heterocycles. The number of nitrogens with one attached hydrogen (secondary N) is 2. The normalized spacial score (nSPS) is 10.3. The molecule has 2 rings (SSSR count). The lowest BCUT2D eigenvalue weighted by Crippen LogP contribution is -1.99. The lowest BCUT2D eigenvalue weighted by molar-refractivity contribution is 0.454. The first kappa shape index (κ1) is 6.78. The largest absolute Gasteiger partial charge is 0.493 e. The molecular weight excluding hydrogens is 160 g/mol. The van der Waals surface area contributed by atoms with Crippen molar-refractivity contribution in [3.05, 3.63) is 28.9 Å². The van der Waals surface area contributed by atoms with Crippen LogP contribution in [0.5, 0.6) is 5.88 Å². The molecule has 5 heteroatoms. The van der Waals surface area contributed by atoms with E-state index in [1.54, 1.807) is 12.1 Å². The second kappa shape index (κ2) is 2.30. The monoisotopic (exact) mass is 166 g/mol. The van der Waals surface area contributed by atoms with Gasteiger partial charge in [0.1, 0.15) is 5.69 Å². The third-order valence-electron chi connectivity index (χ3n) is 1.47. The van der Waals surface area contributed by atoms with Crippen LogP contribution in [0, 0.1) is 0 Å². The summed E-state index contributed by atoms with van der Waals surface area (Å²) in [5.41, 5.74) is -0.191. The second-order valence-corrected chi connectivity index (χ2v) is 2.28. The van der Waals surface area contributed by atoms with E-state index in [4.69, 9.17) is 9.52 Å². The van der Waals surface area contributed by atoms with Crippen molar-refractivity contribution in [3.63, 3.8) is 0 Å². The highest BCUT2D eigenvalue weighted by molar-refractivity contribution is 5.57. The van der Waals surface area contributed by atoms with Gasteiger partial charge in [-0.2, -0.15) is 0 Å². The molecule has 5 nitrogen and oxygen atoms in total. The van der Waals surface area contributed by atoms with E-state index >= 15 is 0 Å². The Morgan fingerprint density at radius 1 is 1.42 bits per heavy atom. The fourth-order valence-electron chi connectivity index (χ4n) is 0.973. The van der Waals surface area contributed by atoms with Crippen molar-refractivity contribution in [2.75, 3.05) is 0 Å². The van der Waals surface area contributed by atoms with Gasteiger partial charge in [-0.1, -0.05) is 0 Å². The number of aromatic amines is 2. The third kappa shape index (κ3) is 0.914. The summed E-state index contributed by atoms with van der Waals surface area (Å²) in [6, 6.07) is 3.30. The molecule has 12 heavy (non-hydrogen) atoms. The van der Waals surface area contributed by atoms with Crippen LogP contribution in [0.25, 0.3) is 11.5 Å². The zero-order chi connectivity index (χ0) is 8.55. The average molecular weight is 166 g/mol. The minimum atomic E-state index is -0.459. The SMILES string of the molecule is O=c1[nH]c(O)c(-c2ccco2)[nH]1. The van der Waals surface area contributed by atoms with Crippen molar-refractivity contribution in [3.8, 4) is 17.3 Å². The Bertz CT molecular complexity index is 424. The van der Waals surface area contributed by atoms with Crippen LogP contribution >= 0.6 is 0 Å². The minimum Gasteiger partial charge on any atom is -0.493 e. The Balaban J connectivity index is 2.61. The van der Waals surface area contributed by atoms with Crippen molar-refractivity contribution >= 4 is 0 Å². The van der Waals surface area contributed by atoms with E-state index in [1.807, 2.05) is 0 Å². The summed E-state index contributed by atoms with van der Waals surface area (Å²) < 4.78 is 4.96. The van der Waals surface area contributed by atoms with Gasteiger partial charge < -0.3 is 9.52 Å². The first-order valence-corrected chi connectivity index (χ1v) is 3.32. The molecule has 62 valence electrons. The summed E-state index contributed by atoms with van der Waals surface area (Å²) in [4.78, 5) is 15.3. The number of hydrogen-bond acceptors (Lipinski definition) is 3. The van der Waals surface area contributed by atoms with Crippen LogP contribution in [-0.4, -0.2) is 15.1 Å². The van der Waals surface area contributed by atoms with Gasteiger partial charge in [-0.3, -0.25) is 9.97 Å². The molecule has 0 amide bonds. The van der Waals surface area contributed by atoms with E-state index in [1.165, 1.54) is 6.26 Å². The molecule has 0 aliphatic rings. The molecule has 2 aromatic rings. The molecule has 2 heterocycles. The van der Waals surface area contributed by atoms with Crippen LogP contribution in [0.4, 0.5) is 0 Å². The van der Waals surface area contributed by atoms with Crippen molar-refractivity contribution in [1.82, 2.24) is 9.97 Å². The summed E-state index contributed by atoms with van der Waals surface area (Å²) in [6.45, 7) is 0. The Hall–Kier alpha value is -1.91. The lowest BCUT2D eigenvalue weighted by Gasteiger charge is -1.89. The number of H-pyrrole nitrogens is 2. The van der Waals surface area contributed by atoms with Crippen LogP contribution in [0.1, 0.15) is 0 Å². The molecule has 0 fully saturated rings. The van der Waals surface area contributed by atoms with Crippen LogP contribution in [0.15, 0.2) is 27.6 Å². The maximum atomic E-state index is 10.7. The topological polar surface area (TPSA) is 82.0 Å². The summed E-state index contributed by atoms with van der Waals surface area (Å²) >= 11 is 0. The van der Waals surface area contributed by atoms with Gasteiger partial charge in [-0.05, 0) is 12.1 Å². The smallest absolute Gasteiger partial charge is 0.326 e. The number of aromatic nitrogens is 2. The molecule has 0 spiro atoms. The van der Waals surface area contributed by atoms with E-state index < -0.39 is 5.69 Å². The summed E-state index contributed by atoms with van der Waals surface area (Å²) in [6.07, 6.45) is 1.46. The molecule has 0 atom stereocenters. The third-order valence-corrected chi connectivity index (χ3v) is 1.47. The summed E-state index contributed by atoms with van der Waals surface area (Å²) in [5, 5.41) is 9.16. The van der Waals surface area contributed by atoms with Crippen LogP contribution in [-0.2, 0) is 0 Å². The van der Waals surface area contributed by atoms with E-state index in [0.717, 1.165) is 0 Å². The number of aromatic hydroxyl groups is 1. The predicted octanol–water partition coefficient (Wildman–Crippen LogP) is 0.669. The van der Waals surface area contributed by atoms with Gasteiger partial charge in [-0.15, -0.1) is 0 Å². The van der Waals surface area contributed by atoms with Crippen molar-refractivity contribution in [2.45, 2.75) is 0 Å². The number of hydrogen-bond donors (Lipinski definition) is 3. The van der Waals surface area contributed by atoms with Gasteiger partial charge in [0.2, 0.25) is 5.88 Å². The highest BCUT2D eigenvalue weighted by Crippen LogP contribution is 2.23. The van der Waals surface area contributed by atoms with E-state index in [2.05, 4.69) is 9.97 Å². The summed E-state index contributed by atoms with van der Waals surface area (Å²) in [7, 11) is 0. The van der Waals surface area contributed by atoms with Gasteiger partial charge >= 0.3 is 5.69 Å². The Morgan fingerprint density at radius 2 is 2.25 bits per heavy atom. The zero-order valence-electron chi connectivity index (χ0n) is 6.00.